The molecule has 0 aliphatic carbocycles. The monoisotopic (exact) mass is 709 g/mol. The molecular formula is C39H76O5Si3. The fourth-order valence-corrected chi connectivity index (χ4v) is 13.2. The van der Waals surface area contributed by atoms with Crippen molar-refractivity contribution < 1.29 is 22.8 Å². The summed E-state index contributed by atoms with van der Waals surface area (Å²) in [6, 6.07) is 17.1. The first kappa shape index (κ1) is 44.4. The van der Waals surface area contributed by atoms with Crippen molar-refractivity contribution in [1.29, 1.82) is 0 Å². The molecule has 0 unspecified atom stereocenters. The van der Waals surface area contributed by atoms with Crippen LogP contribution in [0.25, 0.3) is 0 Å². The Balaban J connectivity index is 2.87. The minimum Gasteiger partial charge on any atom is -0.417 e. The van der Waals surface area contributed by atoms with E-state index >= 15 is 0 Å². The molecule has 0 saturated carbocycles. The van der Waals surface area contributed by atoms with Crippen LogP contribution in [0.4, 0.5) is 0 Å². The lowest BCUT2D eigenvalue weighted by Crippen LogP contribution is -2.44. The van der Waals surface area contributed by atoms with Gasteiger partial charge in [0, 0.05) is 25.6 Å². The van der Waals surface area contributed by atoms with Crippen molar-refractivity contribution in [3.8, 4) is 0 Å². The number of hydrogen-bond acceptors (Lipinski definition) is 5. The summed E-state index contributed by atoms with van der Waals surface area (Å²) < 4.78 is 26.9. The summed E-state index contributed by atoms with van der Waals surface area (Å²) in [6.45, 7) is 31.7. The van der Waals surface area contributed by atoms with Gasteiger partial charge in [0.1, 0.15) is 5.78 Å². The van der Waals surface area contributed by atoms with E-state index in [1.54, 1.807) is 0 Å². The zero-order chi connectivity index (χ0) is 35.7. The first-order valence-electron chi connectivity index (χ1n) is 19.2. The summed E-state index contributed by atoms with van der Waals surface area (Å²) in [6.07, 6.45) is 4.00. The highest BCUT2D eigenvalue weighted by molar-refractivity contribution is 6.74. The predicted molar refractivity (Wildman–Crippen MR) is 210 cm³/mol. The maximum Gasteiger partial charge on any atom is 0.192 e. The first-order valence-corrected chi connectivity index (χ1v) is 27.2. The average Bonchev–Trinajstić information content (AvgIpc) is 3.06. The van der Waals surface area contributed by atoms with Gasteiger partial charge in [-0.05, 0) is 91.1 Å². The van der Waals surface area contributed by atoms with Gasteiger partial charge in [0.15, 0.2) is 25.0 Å². The number of rotatable bonds is 26. The van der Waals surface area contributed by atoms with Crippen LogP contribution >= 0.6 is 0 Å². The van der Waals surface area contributed by atoms with Gasteiger partial charge in [0.2, 0.25) is 0 Å². The van der Waals surface area contributed by atoms with Gasteiger partial charge in [-0.15, -0.1) is 0 Å². The SMILES string of the molecule is CC[Si](CC)(CC)O[C@H](COCc1ccccc1)[C@H](C)CCC(=O)CC[C@H](C)[C@@H](CCO[Si](C)(C)C(C)(C)C)O[Si](CC)(CC)CC. The van der Waals surface area contributed by atoms with Crippen LogP contribution in [0.2, 0.25) is 54.4 Å². The molecule has 0 bridgehead atoms. The van der Waals surface area contributed by atoms with E-state index in [9.17, 15) is 4.79 Å². The predicted octanol–water partition coefficient (Wildman–Crippen LogP) is 11.8. The van der Waals surface area contributed by atoms with Gasteiger partial charge >= 0.3 is 0 Å². The van der Waals surface area contributed by atoms with E-state index in [1.165, 1.54) is 5.56 Å². The Hall–Kier alpha value is -0.619. The van der Waals surface area contributed by atoms with Crippen molar-refractivity contribution in [2.24, 2.45) is 11.8 Å². The number of hydrogen-bond donors (Lipinski definition) is 0. The lowest BCUT2D eigenvalue weighted by atomic mass is 9.93. The molecular weight excluding hydrogens is 633 g/mol. The fraction of sp³-hybridized carbons (Fsp3) is 0.821. The quantitative estimate of drug-likeness (QED) is 0.0897. The number of carbonyl (C=O) groups is 1. The molecule has 0 saturated heterocycles. The Bertz CT molecular complexity index is 956. The zero-order valence-electron chi connectivity index (χ0n) is 33.1. The summed E-state index contributed by atoms with van der Waals surface area (Å²) in [5.41, 5.74) is 1.18. The molecule has 0 spiro atoms. The van der Waals surface area contributed by atoms with E-state index < -0.39 is 25.0 Å². The number of ether oxygens (including phenoxy) is 1. The molecule has 8 heteroatoms. The Morgan fingerprint density at radius 1 is 0.702 bits per heavy atom. The van der Waals surface area contributed by atoms with E-state index in [-0.39, 0.29) is 23.2 Å². The van der Waals surface area contributed by atoms with E-state index in [4.69, 9.17) is 18.0 Å². The van der Waals surface area contributed by atoms with Crippen LogP contribution in [0.3, 0.4) is 0 Å². The molecule has 0 heterocycles. The molecule has 0 aliphatic heterocycles. The van der Waals surface area contributed by atoms with Crippen molar-refractivity contribution in [2.45, 2.75) is 181 Å². The van der Waals surface area contributed by atoms with Gasteiger partial charge in [-0.2, -0.15) is 0 Å². The second-order valence-corrected chi connectivity index (χ2v) is 30.0. The topological polar surface area (TPSA) is 54.0 Å². The van der Waals surface area contributed by atoms with Crippen molar-refractivity contribution in [1.82, 2.24) is 0 Å². The van der Waals surface area contributed by atoms with Crippen LogP contribution in [0.15, 0.2) is 30.3 Å². The molecule has 0 radical (unpaired) electrons. The molecule has 0 aliphatic rings. The third kappa shape index (κ3) is 15.0. The minimum absolute atomic E-state index is 0.0193. The van der Waals surface area contributed by atoms with Crippen LogP contribution in [-0.4, -0.2) is 56.2 Å². The van der Waals surface area contributed by atoms with Gasteiger partial charge in [0.05, 0.1) is 19.3 Å². The number of carbonyl (C=O) groups excluding carboxylic acids is 1. The van der Waals surface area contributed by atoms with Crippen LogP contribution in [0.1, 0.15) is 114 Å². The van der Waals surface area contributed by atoms with Gasteiger partial charge in [-0.1, -0.05) is 106 Å². The Kier molecular flexibility index (Phi) is 20.4. The van der Waals surface area contributed by atoms with Crippen LogP contribution in [-0.2, 0) is 29.4 Å². The molecule has 4 atom stereocenters. The Morgan fingerprint density at radius 3 is 1.60 bits per heavy atom. The summed E-state index contributed by atoms with van der Waals surface area (Å²) >= 11 is 0. The molecule has 1 rings (SSSR count). The lowest BCUT2D eigenvalue weighted by molar-refractivity contribution is -0.120. The van der Waals surface area contributed by atoms with Gasteiger partial charge < -0.3 is 18.0 Å². The summed E-state index contributed by atoms with van der Waals surface area (Å²) in [5, 5.41) is 0.193. The van der Waals surface area contributed by atoms with E-state index in [0.29, 0.717) is 37.8 Å². The van der Waals surface area contributed by atoms with Crippen molar-refractivity contribution in [3.63, 3.8) is 0 Å². The van der Waals surface area contributed by atoms with Crippen molar-refractivity contribution >= 4 is 30.7 Å². The third-order valence-corrected chi connectivity index (χ3v) is 25.6. The second-order valence-electron chi connectivity index (χ2n) is 15.8. The number of Topliss-reactive ketones (excluding diaryl/α,β-unsaturated/α-hetero) is 1. The van der Waals surface area contributed by atoms with Crippen molar-refractivity contribution in [2.75, 3.05) is 13.2 Å². The maximum absolute atomic E-state index is 13.3. The van der Waals surface area contributed by atoms with Crippen LogP contribution < -0.4 is 0 Å². The first-order chi connectivity index (χ1) is 22.1. The van der Waals surface area contributed by atoms with Gasteiger partial charge in [0.25, 0.3) is 0 Å². The van der Waals surface area contributed by atoms with Crippen LogP contribution in [0.5, 0.6) is 0 Å². The molecule has 0 amide bonds. The second kappa shape index (κ2) is 21.6. The molecule has 0 N–H and O–H groups in total. The van der Waals surface area contributed by atoms with E-state index in [0.717, 1.165) is 62.1 Å². The Morgan fingerprint density at radius 2 is 1.15 bits per heavy atom. The lowest BCUT2D eigenvalue weighted by Gasteiger charge is -2.39. The summed E-state index contributed by atoms with van der Waals surface area (Å²) in [5.74, 6) is 0.945. The highest BCUT2D eigenvalue weighted by Gasteiger charge is 2.39. The molecule has 0 aromatic heterocycles. The third-order valence-electron chi connectivity index (χ3n) is 11.8. The number of benzene rings is 1. The smallest absolute Gasteiger partial charge is 0.192 e. The summed E-state index contributed by atoms with van der Waals surface area (Å²) in [7, 11) is -5.43. The molecule has 1 aromatic carbocycles. The molecule has 0 fully saturated rings. The van der Waals surface area contributed by atoms with Gasteiger partial charge in [-0.3, -0.25) is 4.79 Å². The summed E-state index contributed by atoms with van der Waals surface area (Å²) in [4.78, 5) is 13.3. The minimum atomic E-state index is -1.82. The molecule has 5 nitrogen and oxygen atoms in total. The van der Waals surface area contributed by atoms with E-state index in [1.807, 2.05) is 6.07 Å². The maximum atomic E-state index is 13.3. The average molecular weight is 709 g/mol. The standard InChI is InChI=1S/C39H76O5Si3/c1-14-46(15-2,16-3)43-37(29-30-42-45(12,13)39(9,10)11)33(7)25-27-36(40)28-26-34(8)38(44-47(17-4,18-5)19-6)32-41-31-35-23-21-20-22-24-35/h20-24,33-34,37-38H,14-19,25-32H2,1-13H3/t33-,34+,37+,38+/m0/s1. The van der Waals surface area contributed by atoms with Gasteiger partial charge in [-0.25, -0.2) is 0 Å². The molecule has 274 valence electrons. The highest BCUT2D eigenvalue weighted by Crippen LogP contribution is 2.37. The molecule has 47 heavy (non-hydrogen) atoms. The fourth-order valence-electron chi connectivity index (χ4n) is 6.20. The zero-order valence-corrected chi connectivity index (χ0v) is 36.1. The largest absolute Gasteiger partial charge is 0.417 e. The highest BCUT2D eigenvalue weighted by atomic mass is 28.4. The molecule has 1 aromatic rings. The normalized spacial score (nSPS) is 15.8. The van der Waals surface area contributed by atoms with Crippen molar-refractivity contribution in [3.05, 3.63) is 35.9 Å². The van der Waals surface area contributed by atoms with Crippen LogP contribution in [0, 0.1) is 11.8 Å². The Labute approximate surface area is 295 Å². The number of ketones is 1. The van der Waals surface area contributed by atoms with E-state index in [2.05, 4.69) is 114 Å².